The molecule has 6 nitrogen and oxygen atoms in total. The van der Waals surface area contributed by atoms with E-state index in [0.717, 1.165) is 11.3 Å². The van der Waals surface area contributed by atoms with Crippen LogP contribution in [0.25, 0.3) is 22.1 Å². The van der Waals surface area contributed by atoms with E-state index in [1.165, 1.54) is 0 Å². The van der Waals surface area contributed by atoms with E-state index in [1.807, 2.05) is 38.1 Å². The van der Waals surface area contributed by atoms with Crippen LogP contribution in [0.15, 0.2) is 62.5 Å². The monoisotopic (exact) mass is 376 g/mol. The number of benzene rings is 2. The van der Waals surface area contributed by atoms with Crippen molar-refractivity contribution in [1.29, 1.82) is 0 Å². The standard InChI is InChI=1S/C22H20N2O4/c1-13(2)20-23-21-18(19(25)16-6-4-5-7-17(16)28-21)22(26)24(20)12-14-8-10-15(27-3)11-9-14/h4-11,13H,12H2,1-3H3. The topological polar surface area (TPSA) is 74.3 Å². The molecule has 0 aliphatic carbocycles. The van der Waals surface area contributed by atoms with Gasteiger partial charge in [0.25, 0.3) is 5.56 Å². The van der Waals surface area contributed by atoms with Gasteiger partial charge >= 0.3 is 0 Å². The average Bonchev–Trinajstić information content (AvgIpc) is 2.70. The maximum atomic E-state index is 13.3. The second-order valence-corrected chi connectivity index (χ2v) is 6.97. The molecule has 0 fully saturated rings. The molecule has 2 aromatic carbocycles. The van der Waals surface area contributed by atoms with E-state index < -0.39 is 0 Å². The van der Waals surface area contributed by atoms with Crippen LogP contribution in [0.1, 0.15) is 31.2 Å². The predicted octanol–water partition coefficient (Wildman–Crippen LogP) is 3.68. The third-order valence-corrected chi connectivity index (χ3v) is 4.75. The zero-order valence-electron chi connectivity index (χ0n) is 15.9. The number of rotatable bonds is 4. The first kappa shape index (κ1) is 18.0. The Morgan fingerprint density at radius 3 is 2.46 bits per heavy atom. The van der Waals surface area contributed by atoms with Gasteiger partial charge in [-0.15, -0.1) is 0 Å². The highest BCUT2D eigenvalue weighted by molar-refractivity contribution is 5.87. The Kier molecular flexibility index (Phi) is 4.47. The summed E-state index contributed by atoms with van der Waals surface area (Å²) in [5, 5.41) is 0.360. The Morgan fingerprint density at radius 1 is 1.07 bits per heavy atom. The maximum absolute atomic E-state index is 13.3. The summed E-state index contributed by atoms with van der Waals surface area (Å²) >= 11 is 0. The van der Waals surface area contributed by atoms with Gasteiger partial charge in [-0.2, -0.15) is 4.98 Å². The summed E-state index contributed by atoms with van der Waals surface area (Å²) in [6.45, 7) is 4.22. The van der Waals surface area contributed by atoms with Crippen LogP contribution >= 0.6 is 0 Å². The van der Waals surface area contributed by atoms with E-state index in [-0.39, 0.29) is 28.0 Å². The first-order valence-corrected chi connectivity index (χ1v) is 9.09. The van der Waals surface area contributed by atoms with Gasteiger partial charge in [0.2, 0.25) is 11.1 Å². The summed E-state index contributed by atoms with van der Waals surface area (Å²) in [6.07, 6.45) is 0. The van der Waals surface area contributed by atoms with E-state index in [9.17, 15) is 9.59 Å². The second kappa shape index (κ2) is 6.96. The van der Waals surface area contributed by atoms with Crippen LogP contribution in [0.2, 0.25) is 0 Å². The highest BCUT2D eigenvalue weighted by Gasteiger charge is 2.19. The lowest BCUT2D eigenvalue weighted by Gasteiger charge is -2.15. The minimum Gasteiger partial charge on any atom is -0.497 e. The van der Waals surface area contributed by atoms with Crippen molar-refractivity contribution in [3.63, 3.8) is 0 Å². The van der Waals surface area contributed by atoms with Crippen LogP contribution in [0, 0.1) is 0 Å². The number of nitrogens with zero attached hydrogens (tertiary/aromatic N) is 2. The number of hydrogen-bond donors (Lipinski definition) is 0. The Bertz CT molecular complexity index is 1280. The lowest BCUT2D eigenvalue weighted by Crippen LogP contribution is -2.30. The molecular weight excluding hydrogens is 356 g/mol. The van der Waals surface area contributed by atoms with E-state index in [0.29, 0.717) is 23.3 Å². The van der Waals surface area contributed by atoms with Crippen molar-refractivity contribution in [2.45, 2.75) is 26.3 Å². The number of aromatic nitrogens is 2. The Balaban J connectivity index is 1.98. The summed E-state index contributed by atoms with van der Waals surface area (Å²) in [5.41, 5.74) is 0.686. The molecule has 0 bridgehead atoms. The van der Waals surface area contributed by atoms with Gasteiger partial charge in [0.15, 0.2) is 5.39 Å². The van der Waals surface area contributed by atoms with Gasteiger partial charge in [-0.05, 0) is 29.8 Å². The van der Waals surface area contributed by atoms with E-state index in [1.54, 1.807) is 35.9 Å². The predicted molar refractivity (Wildman–Crippen MR) is 108 cm³/mol. The van der Waals surface area contributed by atoms with Gasteiger partial charge in [0.05, 0.1) is 19.0 Å². The second-order valence-electron chi connectivity index (χ2n) is 6.97. The fraction of sp³-hybridized carbons (Fsp3) is 0.227. The van der Waals surface area contributed by atoms with Crippen molar-refractivity contribution >= 4 is 22.1 Å². The number of methoxy groups -OCH3 is 1. The molecule has 0 N–H and O–H groups in total. The highest BCUT2D eigenvalue weighted by atomic mass is 16.5. The molecule has 0 saturated carbocycles. The fourth-order valence-corrected chi connectivity index (χ4v) is 3.31. The van der Waals surface area contributed by atoms with E-state index in [2.05, 4.69) is 4.98 Å². The maximum Gasteiger partial charge on any atom is 0.269 e. The molecule has 0 saturated heterocycles. The molecule has 142 valence electrons. The molecule has 0 atom stereocenters. The third kappa shape index (κ3) is 2.97. The molecule has 0 spiro atoms. The molecule has 0 aliphatic rings. The highest BCUT2D eigenvalue weighted by Crippen LogP contribution is 2.19. The molecule has 2 heterocycles. The molecule has 0 radical (unpaired) electrons. The summed E-state index contributed by atoms with van der Waals surface area (Å²) in [5.74, 6) is 1.29. The van der Waals surface area contributed by atoms with Gasteiger partial charge in [-0.25, -0.2) is 0 Å². The van der Waals surface area contributed by atoms with Crippen molar-refractivity contribution in [2.24, 2.45) is 0 Å². The third-order valence-electron chi connectivity index (χ3n) is 4.75. The van der Waals surface area contributed by atoms with Crippen LogP contribution in [0.4, 0.5) is 0 Å². The quantitative estimate of drug-likeness (QED) is 0.508. The van der Waals surface area contributed by atoms with Crippen molar-refractivity contribution in [1.82, 2.24) is 9.55 Å². The molecule has 4 rings (SSSR count). The number of hydrogen-bond acceptors (Lipinski definition) is 5. The first-order valence-electron chi connectivity index (χ1n) is 9.09. The molecule has 4 aromatic rings. The Labute approximate surface area is 161 Å². The molecule has 28 heavy (non-hydrogen) atoms. The Morgan fingerprint density at radius 2 is 1.79 bits per heavy atom. The van der Waals surface area contributed by atoms with Crippen molar-refractivity contribution in [3.8, 4) is 5.75 Å². The SMILES string of the molecule is COc1ccc(Cn2c(C(C)C)nc3oc4ccccc4c(=O)c3c2=O)cc1. The van der Waals surface area contributed by atoms with Crippen molar-refractivity contribution < 1.29 is 9.15 Å². The molecule has 2 aromatic heterocycles. The van der Waals surface area contributed by atoms with Gasteiger partial charge < -0.3 is 9.15 Å². The minimum absolute atomic E-state index is 0.0170. The smallest absolute Gasteiger partial charge is 0.269 e. The Hall–Kier alpha value is -3.41. The van der Waals surface area contributed by atoms with Gasteiger partial charge in [0, 0.05) is 5.92 Å². The van der Waals surface area contributed by atoms with Gasteiger partial charge in [0.1, 0.15) is 17.2 Å². The largest absolute Gasteiger partial charge is 0.497 e. The first-order chi connectivity index (χ1) is 13.5. The van der Waals surface area contributed by atoms with Crippen LogP contribution in [-0.4, -0.2) is 16.7 Å². The number of ether oxygens (including phenoxy) is 1. The molecule has 0 unspecified atom stereocenters. The normalized spacial score (nSPS) is 11.4. The van der Waals surface area contributed by atoms with Crippen molar-refractivity contribution in [3.05, 3.63) is 80.5 Å². The van der Waals surface area contributed by atoms with Gasteiger partial charge in [-0.1, -0.05) is 38.1 Å². The fourth-order valence-electron chi connectivity index (χ4n) is 3.31. The lowest BCUT2D eigenvalue weighted by molar-refractivity contribution is 0.414. The van der Waals surface area contributed by atoms with Crippen LogP contribution in [0.3, 0.4) is 0 Å². The molecular formula is C22H20N2O4. The van der Waals surface area contributed by atoms with E-state index >= 15 is 0 Å². The summed E-state index contributed by atoms with van der Waals surface area (Å²) in [4.78, 5) is 30.8. The molecule has 0 amide bonds. The summed E-state index contributed by atoms with van der Waals surface area (Å²) < 4.78 is 12.5. The number of fused-ring (bicyclic) bond motifs is 2. The molecule has 6 heteroatoms. The van der Waals surface area contributed by atoms with Crippen molar-refractivity contribution in [2.75, 3.05) is 7.11 Å². The van der Waals surface area contributed by atoms with Crippen LogP contribution < -0.4 is 15.7 Å². The van der Waals surface area contributed by atoms with Crippen LogP contribution in [0.5, 0.6) is 5.75 Å². The minimum atomic E-state index is -0.385. The average molecular weight is 376 g/mol. The van der Waals surface area contributed by atoms with E-state index in [4.69, 9.17) is 9.15 Å². The zero-order chi connectivity index (χ0) is 19.8. The summed E-state index contributed by atoms with van der Waals surface area (Å²) in [7, 11) is 1.60. The van der Waals surface area contributed by atoms with Crippen LogP contribution in [-0.2, 0) is 6.54 Å². The summed E-state index contributed by atoms with van der Waals surface area (Å²) in [6, 6.07) is 14.4. The lowest BCUT2D eigenvalue weighted by atomic mass is 10.1. The van der Waals surface area contributed by atoms with Gasteiger partial charge in [-0.3, -0.25) is 14.2 Å². The molecule has 0 aliphatic heterocycles. The zero-order valence-corrected chi connectivity index (χ0v) is 15.9. The number of para-hydroxylation sites is 1.